The number of hydrogen-bond donors (Lipinski definition) is 2. The van der Waals surface area contributed by atoms with Crippen LogP contribution in [0.5, 0.6) is 0 Å². The number of fused-ring (bicyclic) bond motifs is 1. The molecule has 18 heteroatoms. The van der Waals surface area contributed by atoms with E-state index < -0.39 is 40.9 Å². The van der Waals surface area contributed by atoms with Gasteiger partial charge in [-0.3, -0.25) is 14.5 Å². The van der Waals surface area contributed by atoms with Gasteiger partial charge in [-0.25, -0.2) is 26.8 Å². The number of hydrogen-bond acceptors (Lipinski definition) is 11. The second kappa shape index (κ2) is 20.8. The second-order valence-electron chi connectivity index (χ2n) is 20.9. The molecule has 378 valence electrons. The molecule has 0 spiro atoms. The number of halogens is 4. The maximum atomic E-state index is 14.3. The Morgan fingerprint density at radius 3 is 2.34 bits per heavy atom. The lowest BCUT2D eigenvalue weighted by atomic mass is 9.72. The zero-order valence-corrected chi connectivity index (χ0v) is 43.1. The summed E-state index contributed by atoms with van der Waals surface area (Å²) in [4.78, 5) is 15.0. The summed E-state index contributed by atoms with van der Waals surface area (Å²) >= 11 is 7.99. The van der Waals surface area contributed by atoms with Gasteiger partial charge < -0.3 is 10.0 Å². The van der Waals surface area contributed by atoms with Crippen LogP contribution in [-0.4, -0.2) is 109 Å². The van der Waals surface area contributed by atoms with Gasteiger partial charge in [0.15, 0.2) is 0 Å². The number of piperidine rings is 1. The van der Waals surface area contributed by atoms with Gasteiger partial charge in [-0.15, -0.1) is 11.8 Å². The first kappa shape index (κ1) is 51.4. The van der Waals surface area contributed by atoms with E-state index in [0.29, 0.717) is 61.2 Å². The molecule has 4 heterocycles. The van der Waals surface area contributed by atoms with Gasteiger partial charge in [0.2, 0.25) is 0 Å². The number of rotatable bonds is 17. The van der Waals surface area contributed by atoms with Crippen LogP contribution in [0, 0.1) is 23.2 Å². The fraction of sp³-hybridized carbons (Fsp3) is 0.538. The van der Waals surface area contributed by atoms with E-state index in [1.165, 1.54) is 48.0 Å². The topological polar surface area (TPSA) is 136 Å². The summed E-state index contributed by atoms with van der Waals surface area (Å²) in [5, 5.41) is 12.8. The lowest BCUT2D eigenvalue weighted by Crippen LogP contribution is -2.57. The molecule has 2 aliphatic carbocycles. The van der Waals surface area contributed by atoms with E-state index in [-0.39, 0.29) is 47.5 Å². The highest BCUT2D eigenvalue weighted by Crippen LogP contribution is 2.50. The van der Waals surface area contributed by atoms with Gasteiger partial charge in [0.1, 0.15) is 17.9 Å². The number of nitrogens with zero attached hydrogens (tertiary/aromatic N) is 5. The largest absolute Gasteiger partial charge is 0.501 e. The molecule has 2 unspecified atom stereocenters. The molecule has 9 rings (SSSR count). The normalized spacial score (nSPS) is 22.7. The van der Waals surface area contributed by atoms with Gasteiger partial charge in [-0.1, -0.05) is 67.4 Å². The minimum absolute atomic E-state index is 0.0367. The first-order valence-electron chi connectivity index (χ1n) is 24.6. The molecule has 11 nitrogen and oxygen atoms in total. The number of allylic oxidation sites excluding steroid dienone is 1. The number of alkyl halides is 3. The number of anilines is 1. The predicted octanol–water partition coefficient (Wildman–Crippen LogP) is 10.1. The number of thioether (sulfide) groups is 1. The van der Waals surface area contributed by atoms with E-state index in [9.17, 15) is 35.1 Å². The minimum Gasteiger partial charge on any atom is -0.376 e. The van der Waals surface area contributed by atoms with Gasteiger partial charge in [-0.05, 0) is 154 Å². The lowest BCUT2D eigenvalue weighted by molar-refractivity contribution is -0.148. The van der Waals surface area contributed by atoms with Crippen LogP contribution in [0.2, 0.25) is 5.02 Å². The Balaban J connectivity index is 0.869. The van der Waals surface area contributed by atoms with Gasteiger partial charge in [0, 0.05) is 66.8 Å². The third-order valence-electron chi connectivity index (χ3n) is 15.5. The molecule has 3 aliphatic heterocycles. The molecule has 70 heavy (non-hydrogen) atoms. The smallest absolute Gasteiger partial charge is 0.376 e. The minimum atomic E-state index is -5.92. The van der Waals surface area contributed by atoms with Crippen molar-refractivity contribution < 1.29 is 35.1 Å². The Bertz CT molecular complexity index is 2770. The molecular formula is C52H64ClF3N6O5S3. The van der Waals surface area contributed by atoms with Crippen molar-refractivity contribution in [2.24, 2.45) is 23.2 Å². The molecule has 3 atom stereocenters. The van der Waals surface area contributed by atoms with Gasteiger partial charge >= 0.3 is 5.51 Å². The molecule has 2 saturated heterocycles. The third-order valence-corrected chi connectivity index (χ3v) is 19.9. The molecule has 1 aromatic heterocycles. The Labute approximate surface area is 420 Å². The SMILES string of the molecule is CC1(C)CCC(CN2CCC(O)(N3CCc4c(ncnc4NS(=O)(=O)c4ccc(CC5CC5[C@H](CCN5CCCC5)CSc5ccccc5)c(S(=O)(=O)C(F)(F)F)c4)C3)CC2)=C(c2ccc(Cl)cc2)C1. The van der Waals surface area contributed by atoms with Crippen LogP contribution in [0.1, 0.15) is 94.0 Å². The molecule has 3 fully saturated rings. The van der Waals surface area contributed by atoms with Gasteiger partial charge in [0.25, 0.3) is 19.9 Å². The molecular weight excluding hydrogens is 977 g/mol. The predicted molar refractivity (Wildman–Crippen MR) is 270 cm³/mol. The number of aliphatic hydroxyl groups is 1. The zero-order chi connectivity index (χ0) is 49.5. The standard InChI is InChI=1S/C52H64ClF3N6O5S3/c1-50(2)19-16-38(46(31-50)36-10-13-41(53)14-11-36)32-61-26-20-51(63,21-27-61)62-25-18-44-47(33-62)57-35-58-49(44)59-70(66,67)43-15-12-37(48(30-43)69(64,65)52(54,55)56)28-40-29-45(40)39(17-24-60-22-6-7-23-60)34-68-42-8-4-3-5-9-42/h3-5,8-15,30,35,39-40,45,63H,6-7,16-29,31-34H2,1-2H3,(H,57,58,59)/t39-,40?,45?/m1/s1. The zero-order valence-electron chi connectivity index (χ0n) is 39.9. The average Bonchev–Trinajstić information content (AvgIpc) is 3.88. The highest BCUT2D eigenvalue weighted by atomic mass is 35.5. The molecule has 3 aromatic carbocycles. The highest BCUT2D eigenvalue weighted by molar-refractivity contribution is 7.99. The fourth-order valence-corrected chi connectivity index (χ4v) is 14.7. The van der Waals surface area contributed by atoms with Crippen molar-refractivity contribution in [3.05, 3.63) is 112 Å². The quantitative estimate of drug-likeness (QED) is 0.0979. The number of aromatic nitrogens is 2. The molecule has 2 N–H and O–H groups in total. The monoisotopic (exact) mass is 1040 g/mol. The molecule has 5 aliphatic rings. The van der Waals surface area contributed by atoms with Crippen molar-refractivity contribution in [1.29, 1.82) is 0 Å². The molecule has 4 aromatic rings. The van der Waals surface area contributed by atoms with E-state index in [2.05, 4.69) is 62.6 Å². The number of nitrogens with one attached hydrogen (secondary N) is 1. The van der Waals surface area contributed by atoms with E-state index in [0.717, 1.165) is 68.9 Å². The number of sulfonamides is 1. The van der Waals surface area contributed by atoms with E-state index in [4.69, 9.17) is 11.6 Å². The Morgan fingerprint density at radius 2 is 1.63 bits per heavy atom. The van der Waals surface area contributed by atoms with E-state index >= 15 is 0 Å². The van der Waals surface area contributed by atoms with Crippen LogP contribution in [0.25, 0.3) is 5.57 Å². The first-order chi connectivity index (χ1) is 33.3. The second-order valence-corrected chi connectivity index (χ2v) is 26.0. The van der Waals surface area contributed by atoms with Crippen LogP contribution in [0.15, 0.2) is 99.4 Å². The molecule has 0 amide bonds. The van der Waals surface area contributed by atoms with Crippen LogP contribution < -0.4 is 4.72 Å². The molecule has 0 bridgehead atoms. The molecule has 1 saturated carbocycles. The number of likely N-dealkylation sites (tertiary alicyclic amines) is 2. The molecule has 0 radical (unpaired) electrons. The average molecular weight is 1040 g/mol. The summed E-state index contributed by atoms with van der Waals surface area (Å²) in [6.45, 7) is 10.5. The maximum Gasteiger partial charge on any atom is 0.501 e. The Kier molecular flexibility index (Phi) is 15.2. The summed E-state index contributed by atoms with van der Waals surface area (Å²) < 4.78 is 100.0. The van der Waals surface area contributed by atoms with Crippen molar-refractivity contribution in [2.75, 3.05) is 56.3 Å². The Hall–Kier alpha value is -3.55. The lowest BCUT2D eigenvalue weighted by Gasteiger charge is -2.47. The summed E-state index contributed by atoms with van der Waals surface area (Å²) in [6.07, 6.45) is 9.75. The summed E-state index contributed by atoms with van der Waals surface area (Å²) in [6, 6.07) is 21.2. The van der Waals surface area contributed by atoms with Crippen LogP contribution in [-0.2, 0) is 39.2 Å². The van der Waals surface area contributed by atoms with Crippen molar-refractivity contribution in [2.45, 2.75) is 117 Å². The number of benzene rings is 3. The summed E-state index contributed by atoms with van der Waals surface area (Å²) in [5.74, 6) is 1.24. The van der Waals surface area contributed by atoms with Crippen molar-refractivity contribution >= 4 is 54.6 Å². The number of sulfone groups is 1. The van der Waals surface area contributed by atoms with Crippen LogP contribution >= 0.6 is 23.4 Å². The first-order valence-corrected chi connectivity index (χ1v) is 29.0. The maximum absolute atomic E-state index is 14.3. The van der Waals surface area contributed by atoms with Crippen LogP contribution in [0.4, 0.5) is 19.0 Å². The van der Waals surface area contributed by atoms with Gasteiger partial charge in [0.05, 0.1) is 15.5 Å². The highest BCUT2D eigenvalue weighted by Gasteiger charge is 2.50. The summed E-state index contributed by atoms with van der Waals surface area (Å²) in [7, 11) is -10.6. The Morgan fingerprint density at radius 1 is 0.900 bits per heavy atom. The van der Waals surface area contributed by atoms with E-state index in [1.807, 2.05) is 35.2 Å². The van der Waals surface area contributed by atoms with E-state index in [1.54, 1.807) is 11.8 Å². The fourth-order valence-electron chi connectivity index (χ4n) is 11.2. The van der Waals surface area contributed by atoms with Crippen molar-refractivity contribution in [3.63, 3.8) is 0 Å². The van der Waals surface area contributed by atoms with Crippen molar-refractivity contribution in [1.82, 2.24) is 24.7 Å². The van der Waals surface area contributed by atoms with Gasteiger partial charge in [-0.2, -0.15) is 13.2 Å². The van der Waals surface area contributed by atoms with Crippen molar-refractivity contribution in [3.8, 4) is 0 Å². The third kappa shape index (κ3) is 11.8. The summed E-state index contributed by atoms with van der Waals surface area (Å²) in [5.41, 5.74) is -1.57. The van der Waals surface area contributed by atoms with Crippen LogP contribution in [0.3, 0.4) is 0 Å².